The van der Waals surface area contributed by atoms with E-state index >= 15 is 0 Å². The fourth-order valence-corrected chi connectivity index (χ4v) is 2.19. The van der Waals surface area contributed by atoms with E-state index in [0.29, 0.717) is 11.4 Å². The summed E-state index contributed by atoms with van der Waals surface area (Å²) in [6.45, 7) is 0. The molecule has 0 fully saturated rings. The summed E-state index contributed by atoms with van der Waals surface area (Å²) in [5.74, 6) is 0.147. The number of nitrogens with zero attached hydrogens (tertiary/aromatic N) is 3. The van der Waals surface area contributed by atoms with Crippen LogP contribution in [-0.4, -0.2) is 27.6 Å². The van der Waals surface area contributed by atoms with E-state index in [1.165, 1.54) is 6.33 Å². The van der Waals surface area contributed by atoms with Crippen LogP contribution in [0.5, 0.6) is 5.75 Å². The van der Waals surface area contributed by atoms with Gasteiger partial charge in [0.1, 0.15) is 17.9 Å². The Morgan fingerprint density at radius 3 is 2.81 bits per heavy atom. The van der Waals surface area contributed by atoms with E-state index in [2.05, 4.69) is 9.97 Å². The number of carbonyl (C=O) groups is 1. The quantitative estimate of drug-likeness (QED) is 0.748. The lowest BCUT2D eigenvalue weighted by molar-refractivity contribution is 0.0997. The Morgan fingerprint density at radius 2 is 2.14 bits per heavy atom. The fourth-order valence-electron chi connectivity index (χ4n) is 2.19. The lowest BCUT2D eigenvalue weighted by Crippen LogP contribution is -2.14. The van der Waals surface area contributed by atoms with Crippen LogP contribution in [0.25, 0.3) is 16.6 Å². The summed E-state index contributed by atoms with van der Waals surface area (Å²) in [6.07, 6.45) is 3.12. The van der Waals surface area contributed by atoms with Crippen molar-refractivity contribution >= 4 is 22.6 Å². The minimum absolute atomic E-state index is 0.0295. The van der Waals surface area contributed by atoms with Crippen LogP contribution in [0.3, 0.4) is 0 Å². The van der Waals surface area contributed by atoms with Crippen molar-refractivity contribution < 1.29 is 9.53 Å². The molecule has 3 aromatic rings. The Labute approximate surface area is 120 Å². The summed E-state index contributed by atoms with van der Waals surface area (Å²) in [5, 5.41) is 0.889. The van der Waals surface area contributed by atoms with Gasteiger partial charge in [0.15, 0.2) is 5.69 Å². The number of hydrogen-bond donors (Lipinski definition) is 2. The van der Waals surface area contributed by atoms with Crippen molar-refractivity contribution in [2.75, 3.05) is 12.8 Å². The number of nitrogen functional groups attached to an aromatic ring is 1. The van der Waals surface area contributed by atoms with Gasteiger partial charge < -0.3 is 16.2 Å². The van der Waals surface area contributed by atoms with Crippen LogP contribution in [0.2, 0.25) is 0 Å². The number of carbonyl (C=O) groups excluding carboxylic acids is 1. The number of amides is 1. The van der Waals surface area contributed by atoms with Crippen LogP contribution < -0.4 is 16.2 Å². The number of benzene rings is 1. The molecule has 1 amide bonds. The highest BCUT2D eigenvalue weighted by atomic mass is 16.5. The van der Waals surface area contributed by atoms with Gasteiger partial charge in [0.2, 0.25) is 0 Å². The molecule has 0 saturated heterocycles. The van der Waals surface area contributed by atoms with E-state index < -0.39 is 5.91 Å². The normalized spacial score (nSPS) is 10.7. The molecule has 0 radical (unpaired) electrons. The number of fused-ring (bicyclic) bond motifs is 1. The number of rotatable bonds is 3. The maximum atomic E-state index is 11.3. The second-order valence-corrected chi connectivity index (χ2v) is 4.43. The molecule has 0 atom stereocenters. The maximum Gasteiger partial charge on any atom is 0.271 e. The Balaban J connectivity index is 2.31. The average molecular weight is 283 g/mol. The van der Waals surface area contributed by atoms with Gasteiger partial charge in [-0.3, -0.25) is 14.3 Å². The standard InChI is InChI=1S/C14H13N5O2/c1-21-9-5-8-3-2-4-17-11(8)10(6-9)19-7-18-12(13(19)15)14(16)20/h2-7H,15H2,1H3,(H2,16,20). The first-order valence-electron chi connectivity index (χ1n) is 6.17. The molecule has 106 valence electrons. The van der Waals surface area contributed by atoms with Crippen LogP contribution in [0.1, 0.15) is 10.5 Å². The highest BCUT2D eigenvalue weighted by Crippen LogP contribution is 2.28. The molecular formula is C14H13N5O2. The molecule has 1 aromatic carbocycles. The van der Waals surface area contributed by atoms with Gasteiger partial charge in [-0.25, -0.2) is 4.98 Å². The highest BCUT2D eigenvalue weighted by molar-refractivity contribution is 5.96. The smallest absolute Gasteiger partial charge is 0.271 e. The molecule has 0 unspecified atom stereocenters. The van der Waals surface area contributed by atoms with Gasteiger partial charge in [0.25, 0.3) is 5.91 Å². The SMILES string of the molecule is COc1cc(-n2cnc(C(N)=O)c2N)c2ncccc2c1. The van der Waals surface area contributed by atoms with E-state index in [1.807, 2.05) is 18.2 Å². The first-order chi connectivity index (χ1) is 10.1. The summed E-state index contributed by atoms with van der Waals surface area (Å²) in [6, 6.07) is 7.39. The molecule has 4 N–H and O–H groups in total. The zero-order valence-corrected chi connectivity index (χ0v) is 11.3. The molecule has 7 nitrogen and oxygen atoms in total. The monoisotopic (exact) mass is 283 g/mol. The van der Waals surface area contributed by atoms with Gasteiger partial charge >= 0.3 is 0 Å². The number of primary amides is 1. The molecule has 0 saturated carbocycles. The second-order valence-electron chi connectivity index (χ2n) is 4.43. The topological polar surface area (TPSA) is 109 Å². The summed E-state index contributed by atoms with van der Waals surface area (Å²) >= 11 is 0. The van der Waals surface area contributed by atoms with Crippen molar-refractivity contribution in [1.82, 2.24) is 14.5 Å². The fraction of sp³-hybridized carbons (Fsp3) is 0.0714. The van der Waals surface area contributed by atoms with E-state index in [0.717, 1.165) is 10.9 Å². The number of ether oxygens (including phenoxy) is 1. The van der Waals surface area contributed by atoms with Crippen molar-refractivity contribution in [2.24, 2.45) is 5.73 Å². The number of aromatic nitrogens is 3. The number of nitrogens with two attached hydrogens (primary N) is 2. The maximum absolute atomic E-state index is 11.3. The van der Waals surface area contributed by atoms with Crippen LogP contribution in [0.4, 0.5) is 5.82 Å². The predicted molar refractivity (Wildman–Crippen MR) is 78.3 cm³/mol. The summed E-state index contributed by atoms with van der Waals surface area (Å²) < 4.78 is 6.85. The van der Waals surface area contributed by atoms with Gasteiger partial charge in [-0.15, -0.1) is 0 Å². The van der Waals surface area contributed by atoms with Crippen molar-refractivity contribution in [2.45, 2.75) is 0 Å². The van der Waals surface area contributed by atoms with Gasteiger partial charge in [0.05, 0.1) is 18.3 Å². The lowest BCUT2D eigenvalue weighted by Gasteiger charge is -2.11. The summed E-state index contributed by atoms with van der Waals surface area (Å²) in [5.41, 5.74) is 12.6. The highest BCUT2D eigenvalue weighted by Gasteiger charge is 2.16. The molecule has 2 heterocycles. The van der Waals surface area contributed by atoms with Crippen LogP contribution in [0, 0.1) is 0 Å². The molecule has 0 aliphatic rings. The summed E-state index contributed by atoms with van der Waals surface area (Å²) in [7, 11) is 1.58. The zero-order valence-electron chi connectivity index (χ0n) is 11.3. The van der Waals surface area contributed by atoms with Crippen LogP contribution in [0.15, 0.2) is 36.8 Å². The Hall–Kier alpha value is -3.09. The molecule has 0 aliphatic heterocycles. The van der Waals surface area contributed by atoms with Crippen molar-refractivity contribution in [3.8, 4) is 11.4 Å². The Bertz CT molecular complexity index is 840. The van der Waals surface area contributed by atoms with E-state index in [1.54, 1.807) is 23.9 Å². The third-order valence-electron chi connectivity index (χ3n) is 3.19. The van der Waals surface area contributed by atoms with Crippen molar-refractivity contribution in [1.29, 1.82) is 0 Å². The van der Waals surface area contributed by atoms with Crippen molar-refractivity contribution in [3.63, 3.8) is 0 Å². The number of anilines is 1. The second kappa shape index (κ2) is 4.78. The van der Waals surface area contributed by atoms with E-state index in [4.69, 9.17) is 16.2 Å². The van der Waals surface area contributed by atoms with Gasteiger partial charge in [-0.2, -0.15) is 0 Å². The van der Waals surface area contributed by atoms with E-state index in [9.17, 15) is 4.79 Å². The van der Waals surface area contributed by atoms with Gasteiger partial charge in [-0.05, 0) is 12.1 Å². The third kappa shape index (κ3) is 2.04. The largest absolute Gasteiger partial charge is 0.497 e. The number of hydrogen-bond acceptors (Lipinski definition) is 5. The van der Waals surface area contributed by atoms with Gasteiger partial charge in [0, 0.05) is 17.6 Å². The molecule has 0 spiro atoms. The van der Waals surface area contributed by atoms with Gasteiger partial charge in [-0.1, -0.05) is 6.07 Å². The predicted octanol–water partition coefficient (Wildman–Crippen LogP) is 1.11. The number of pyridine rings is 1. The number of imidazole rings is 1. The zero-order chi connectivity index (χ0) is 15.0. The van der Waals surface area contributed by atoms with Crippen LogP contribution >= 0.6 is 0 Å². The molecule has 0 bridgehead atoms. The number of methoxy groups -OCH3 is 1. The minimum atomic E-state index is -0.675. The lowest BCUT2D eigenvalue weighted by atomic mass is 10.1. The van der Waals surface area contributed by atoms with Crippen LogP contribution in [-0.2, 0) is 0 Å². The molecule has 3 rings (SSSR count). The third-order valence-corrected chi connectivity index (χ3v) is 3.19. The minimum Gasteiger partial charge on any atom is -0.497 e. The first kappa shape index (κ1) is 12.9. The Kier molecular flexibility index (Phi) is 2.94. The average Bonchev–Trinajstić information content (AvgIpc) is 2.87. The molecule has 21 heavy (non-hydrogen) atoms. The molecule has 0 aliphatic carbocycles. The van der Waals surface area contributed by atoms with E-state index in [-0.39, 0.29) is 11.5 Å². The van der Waals surface area contributed by atoms with Crippen molar-refractivity contribution in [3.05, 3.63) is 42.5 Å². The summed E-state index contributed by atoms with van der Waals surface area (Å²) in [4.78, 5) is 19.6. The first-order valence-corrected chi connectivity index (χ1v) is 6.17. The molecule has 7 heteroatoms. The molecular weight excluding hydrogens is 270 g/mol. The molecule has 2 aromatic heterocycles. The Morgan fingerprint density at radius 1 is 1.33 bits per heavy atom.